The van der Waals surface area contributed by atoms with Gasteiger partial charge in [-0.15, -0.1) is 0 Å². The second kappa shape index (κ2) is 15.0. The minimum absolute atomic E-state index is 0.0606. The van der Waals surface area contributed by atoms with Crippen LogP contribution in [0.1, 0.15) is 117 Å². The van der Waals surface area contributed by atoms with E-state index in [0.717, 1.165) is 33.8 Å². The lowest BCUT2D eigenvalue weighted by molar-refractivity contribution is -0.437. The highest BCUT2D eigenvalue weighted by atomic mass is 32.2. The smallest absolute Gasteiger partial charge is 0.265 e. The number of Topliss-reactive ketones (excluding diaryl/α,β-unsaturated/α-hetero) is 2. The van der Waals surface area contributed by atoms with Gasteiger partial charge in [0.15, 0.2) is 17.3 Å². The summed E-state index contributed by atoms with van der Waals surface area (Å²) in [5.41, 5.74) is 6.17. The average molecular weight is 728 g/mol. The zero-order valence-corrected chi connectivity index (χ0v) is 31.9. The molecule has 4 rings (SSSR count). The zero-order chi connectivity index (χ0) is 37.2. The Balaban J connectivity index is 1.89. The van der Waals surface area contributed by atoms with Gasteiger partial charge >= 0.3 is 0 Å². The second-order valence-electron chi connectivity index (χ2n) is 14.4. The fraction of sp³-hybridized carbons (Fsp3) is 0.500. The number of rotatable bonds is 16. The minimum atomic E-state index is -4.22. The van der Waals surface area contributed by atoms with Gasteiger partial charge in [-0.2, -0.15) is 21.4 Å². The van der Waals surface area contributed by atoms with Gasteiger partial charge < -0.3 is 4.90 Å². The van der Waals surface area contributed by atoms with Crippen molar-refractivity contribution in [1.82, 2.24) is 0 Å². The number of carbonyl (C=O) groups excluding carboxylic acids is 2. The van der Waals surface area contributed by atoms with Crippen LogP contribution in [0.2, 0.25) is 0 Å². The SMILES string of the molecule is CCCC(=O)c1cc(C(=O)CCC)c2c(c1)N(CCCS(=O)(=O)O)C(=CC=CC1=[N+](CCCS(=O)(=O)O)c3cccc(C)c3C1(C)C)C2(C)C. The lowest BCUT2D eigenvalue weighted by Crippen LogP contribution is -2.29. The van der Waals surface area contributed by atoms with E-state index < -0.39 is 36.8 Å². The van der Waals surface area contributed by atoms with Gasteiger partial charge in [0.25, 0.3) is 20.2 Å². The fourth-order valence-corrected chi connectivity index (χ4v) is 8.60. The number of aryl methyl sites for hydroxylation is 1. The number of benzene rings is 2. The molecule has 0 unspecified atom stereocenters. The molecule has 0 amide bonds. The van der Waals surface area contributed by atoms with Crippen LogP contribution in [0.3, 0.4) is 0 Å². The largest absolute Gasteiger partial charge is 0.344 e. The Hall–Kier alpha value is -3.45. The molecule has 10 nitrogen and oxygen atoms in total. The number of hydrogen-bond acceptors (Lipinski definition) is 7. The van der Waals surface area contributed by atoms with E-state index in [-0.39, 0.29) is 36.7 Å². The Kier molecular flexibility index (Phi) is 11.8. The van der Waals surface area contributed by atoms with Crippen LogP contribution < -0.4 is 4.90 Å². The highest BCUT2D eigenvalue weighted by molar-refractivity contribution is 7.86. The molecule has 0 spiro atoms. The number of ketones is 2. The maximum Gasteiger partial charge on any atom is 0.265 e. The Morgan fingerprint density at radius 3 is 2.10 bits per heavy atom. The predicted octanol–water partition coefficient (Wildman–Crippen LogP) is 7.13. The first kappa shape index (κ1) is 39.3. The first-order valence-corrected chi connectivity index (χ1v) is 20.5. The fourth-order valence-electron chi connectivity index (χ4n) is 7.61. The number of hydrogen-bond donors (Lipinski definition) is 2. The molecule has 0 saturated carbocycles. The van der Waals surface area contributed by atoms with Crippen molar-refractivity contribution in [1.29, 1.82) is 0 Å². The highest BCUT2D eigenvalue weighted by Gasteiger charge is 2.46. The maximum atomic E-state index is 13.6. The number of carbonyl (C=O) groups is 2. The molecule has 50 heavy (non-hydrogen) atoms. The van der Waals surface area contributed by atoms with Crippen LogP contribution in [0.25, 0.3) is 0 Å². The van der Waals surface area contributed by atoms with E-state index in [1.807, 2.05) is 75.9 Å². The summed E-state index contributed by atoms with van der Waals surface area (Å²) in [7, 11) is -8.35. The molecule has 0 atom stereocenters. The van der Waals surface area contributed by atoms with Crippen LogP contribution in [-0.4, -0.2) is 72.4 Å². The van der Waals surface area contributed by atoms with Crippen LogP contribution in [0.5, 0.6) is 0 Å². The summed E-state index contributed by atoms with van der Waals surface area (Å²) in [6.45, 7) is 14.7. The predicted molar refractivity (Wildman–Crippen MR) is 199 cm³/mol. The van der Waals surface area contributed by atoms with Crippen molar-refractivity contribution >= 4 is 48.9 Å². The van der Waals surface area contributed by atoms with Gasteiger partial charge in [-0.25, -0.2) is 0 Å². The van der Waals surface area contributed by atoms with E-state index in [9.17, 15) is 35.5 Å². The number of fused-ring (bicyclic) bond motifs is 2. The number of nitrogens with zero attached hydrogens (tertiary/aromatic N) is 2. The Labute approximate surface area is 297 Å². The lowest BCUT2D eigenvalue weighted by atomic mass is 9.78. The Morgan fingerprint density at radius 1 is 0.860 bits per heavy atom. The van der Waals surface area contributed by atoms with Crippen molar-refractivity contribution in [2.75, 3.05) is 29.5 Å². The van der Waals surface area contributed by atoms with Crippen molar-refractivity contribution in [3.8, 4) is 0 Å². The molecular weight excluding hydrogens is 677 g/mol. The first-order valence-electron chi connectivity index (χ1n) is 17.3. The Morgan fingerprint density at radius 2 is 1.48 bits per heavy atom. The number of allylic oxidation sites excluding steroid dienone is 4. The average Bonchev–Trinajstić information content (AvgIpc) is 3.35. The van der Waals surface area contributed by atoms with E-state index in [1.165, 1.54) is 0 Å². The van der Waals surface area contributed by atoms with E-state index in [4.69, 9.17) is 0 Å². The summed E-state index contributed by atoms with van der Waals surface area (Å²) in [4.78, 5) is 28.8. The molecule has 2 N–H and O–H groups in total. The monoisotopic (exact) mass is 727 g/mol. The quantitative estimate of drug-likeness (QED) is 0.105. The molecule has 2 aromatic rings. The van der Waals surface area contributed by atoms with Gasteiger partial charge in [-0.3, -0.25) is 18.7 Å². The molecule has 12 heteroatoms. The zero-order valence-electron chi connectivity index (χ0n) is 30.2. The van der Waals surface area contributed by atoms with Gasteiger partial charge in [0.2, 0.25) is 5.69 Å². The first-order chi connectivity index (χ1) is 23.2. The lowest BCUT2D eigenvalue weighted by Gasteiger charge is -2.27. The van der Waals surface area contributed by atoms with Crippen molar-refractivity contribution in [2.24, 2.45) is 0 Å². The second-order valence-corrected chi connectivity index (χ2v) is 17.5. The van der Waals surface area contributed by atoms with Gasteiger partial charge in [-0.05, 0) is 69.4 Å². The molecule has 2 aromatic carbocycles. The van der Waals surface area contributed by atoms with Gasteiger partial charge in [0, 0.05) is 71.4 Å². The summed E-state index contributed by atoms with van der Waals surface area (Å²) in [5.74, 6) is -0.938. The van der Waals surface area contributed by atoms with Crippen LogP contribution in [0.15, 0.2) is 54.3 Å². The summed E-state index contributed by atoms with van der Waals surface area (Å²) >= 11 is 0. The third kappa shape index (κ3) is 8.36. The topological polar surface area (TPSA) is 149 Å². The summed E-state index contributed by atoms with van der Waals surface area (Å²) in [6.07, 6.45) is 8.13. The maximum absolute atomic E-state index is 13.6. The van der Waals surface area contributed by atoms with Gasteiger partial charge in [0.1, 0.15) is 6.54 Å². The van der Waals surface area contributed by atoms with E-state index >= 15 is 0 Å². The molecule has 2 aliphatic heterocycles. The molecule has 2 aliphatic rings. The van der Waals surface area contributed by atoms with Crippen LogP contribution in [0, 0.1) is 6.92 Å². The van der Waals surface area contributed by atoms with Gasteiger partial charge in [0.05, 0.1) is 16.9 Å². The van der Waals surface area contributed by atoms with E-state index in [1.54, 1.807) is 12.1 Å². The molecule has 272 valence electrons. The van der Waals surface area contributed by atoms with E-state index in [0.29, 0.717) is 49.0 Å². The van der Waals surface area contributed by atoms with Crippen molar-refractivity contribution in [2.45, 2.75) is 97.8 Å². The molecule has 0 radical (unpaired) electrons. The third-order valence-electron chi connectivity index (χ3n) is 9.71. The normalized spacial score (nSPS) is 17.5. The summed E-state index contributed by atoms with van der Waals surface area (Å²) < 4.78 is 67.6. The summed E-state index contributed by atoms with van der Waals surface area (Å²) in [5, 5.41) is 0. The highest BCUT2D eigenvalue weighted by Crippen LogP contribution is 2.50. The molecule has 0 fully saturated rings. The van der Waals surface area contributed by atoms with Crippen LogP contribution >= 0.6 is 0 Å². The molecule has 0 aliphatic carbocycles. The summed E-state index contributed by atoms with van der Waals surface area (Å²) in [6, 6.07) is 9.55. The van der Waals surface area contributed by atoms with Crippen molar-refractivity contribution in [3.05, 3.63) is 82.1 Å². The van der Waals surface area contributed by atoms with Crippen molar-refractivity contribution < 1.29 is 40.1 Å². The molecule has 0 aromatic heterocycles. The minimum Gasteiger partial charge on any atom is -0.344 e. The van der Waals surface area contributed by atoms with Crippen molar-refractivity contribution in [3.63, 3.8) is 0 Å². The standard InChI is InChI=1S/C38H50N2O8S2/c1-8-14-31(41)27-24-28(32(42)15-9-2)36-30(25-27)40(21-13-23-50(46,47)48)34(38(36,6)7)19-11-18-33-37(4,5)35-26(3)16-10-17-29(35)39(33)20-12-22-49(43,44)45/h10-11,16-19,24-25H,8-9,12-15,20-23H2,1-7H3,(H-,43,44,45,46,47,48)/p+1. The third-order valence-corrected chi connectivity index (χ3v) is 11.3. The van der Waals surface area contributed by atoms with E-state index in [2.05, 4.69) is 18.4 Å². The van der Waals surface area contributed by atoms with Crippen LogP contribution in [-0.2, 0) is 31.1 Å². The molecule has 0 saturated heterocycles. The molecule has 0 bridgehead atoms. The Bertz CT molecular complexity index is 1990. The number of anilines is 1. The molecule has 2 heterocycles. The van der Waals surface area contributed by atoms with Gasteiger partial charge in [-0.1, -0.05) is 45.9 Å². The molecular formula is C38H51N2O8S2+. The van der Waals surface area contributed by atoms with Crippen LogP contribution in [0.4, 0.5) is 11.4 Å².